The molecule has 2 aliphatic rings. The number of benzene rings is 1. The normalized spacial score (nSPS) is 20.4. The molecule has 0 bridgehead atoms. The van der Waals surface area contributed by atoms with Crippen molar-refractivity contribution < 1.29 is 9.59 Å². The molecule has 2 fully saturated rings. The van der Waals surface area contributed by atoms with Crippen LogP contribution in [0.15, 0.2) is 29.2 Å². The third kappa shape index (κ3) is 5.72. The van der Waals surface area contributed by atoms with Crippen molar-refractivity contribution in [3.63, 3.8) is 0 Å². The number of nitrogens with one attached hydrogen (secondary N) is 2. The average Bonchev–Trinajstić information content (AvgIpc) is 3.25. The zero-order chi connectivity index (χ0) is 19.1. The molecule has 5 nitrogen and oxygen atoms in total. The summed E-state index contributed by atoms with van der Waals surface area (Å²) in [7, 11) is 1.87. The monoisotopic (exact) mass is 389 g/mol. The second kappa shape index (κ2) is 10.1. The van der Waals surface area contributed by atoms with Crippen molar-refractivity contribution in [2.75, 3.05) is 32.4 Å². The Labute approximate surface area is 166 Å². The number of likely N-dealkylation sites (N-methyl/N-ethyl adjacent to an activating group) is 1. The molecule has 2 N–H and O–H groups in total. The van der Waals surface area contributed by atoms with Crippen LogP contribution in [0.4, 0.5) is 0 Å². The summed E-state index contributed by atoms with van der Waals surface area (Å²) in [5.74, 6) is 1.08. The van der Waals surface area contributed by atoms with Crippen LogP contribution in [0.25, 0.3) is 0 Å². The van der Waals surface area contributed by atoms with Gasteiger partial charge in [0.2, 0.25) is 5.91 Å². The maximum absolute atomic E-state index is 12.9. The third-order valence-corrected chi connectivity index (χ3v) is 6.76. The zero-order valence-electron chi connectivity index (χ0n) is 16.2. The van der Waals surface area contributed by atoms with Gasteiger partial charge in [-0.3, -0.25) is 9.59 Å². The topological polar surface area (TPSA) is 61.4 Å². The van der Waals surface area contributed by atoms with E-state index in [0.717, 1.165) is 31.0 Å². The lowest BCUT2D eigenvalue weighted by atomic mass is 9.89. The smallest absolute Gasteiger partial charge is 0.255 e. The first-order valence-electron chi connectivity index (χ1n) is 10.1. The molecule has 148 valence electrons. The lowest BCUT2D eigenvalue weighted by Crippen LogP contribution is -2.38. The molecule has 1 unspecified atom stereocenters. The van der Waals surface area contributed by atoms with E-state index in [0.29, 0.717) is 17.2 Å². The van der Waals surface area contributed by atoms with Crippen molar-refractivity contribution in [2.24, 2.45) is 5.92 Å². The number of thioether (sulfide) groups is 1. The Morgan fingerprint density at radius 1 is 1.19 bits per heavy atom. The first-order valence-corrected chi connectivity index (χ1v) is 11.1. The van der Waals surface area contributed by atoms with Crippen LogP contribution in [0, 0.1) is 5.92 Å². The van der Waals surface area contributed by atoms with Crippen LogP contribution in [0.1, 0.15) is 48.9 Å². The van der Waals surface area contributed by atoms with Crippen LogP contribution in [0.2, 0.25) is 0 Å². The van der Waals surface area contributed by atoms with Crippen LogP contribution in [-0.4, -0.2) is 55.2 Å². The van der Waals surface area contributed by atoms with Crippen LogP contribution < -0.4 is 10.6 Å². The number of rotatable bonds is 7. The molecule has 0 radical (unpaired) electrons. The molecule has 1 saturated heterocycles. The molecule has 3 rings (SSSR count). The lowest BCUT2D eigenvalue weighted by Gasteiger charge is -2.24. The van der Waals surface area contributed by atoms with Gasteiger partial charge in [-0.15, -0.1) is 11.8 Å². The largest absolute Gasteiger partial charge is 0.355 e. The van der Waals surface area contributed by atoms with E-state index in [4.69, 9.17) is 0 Å². The van der Waals surface area contributed by atoms with Crippen LogP contribution >= 0.6 is 11.8 Å². The predicted octanol–water partition coefficient (Wildman–Crippen LogP) is 2.91. The molecular weight excluding hydrogens is 358 g/mol. The van der Waals surface area contributed by atoms with Gasteiger partial charge in [-0.05, 0) is 43.9 Å². The second-order valence-electron chi connectivity index (χ2n) is 7.66. The Morgan fingerprint density at radius 3 is 2.70 bits per heavy atom. The summed E-state index contributed by atoms with van der Waals surface area (Å²) >= 11 is 1.45. The van der Waals surface area contributed by atoms with Crippen molar-refractivity contribution in [3.05, 3.63) is 29.8 Å². The molecule has 1 aromatic carbocycles. The summed E-state index contributed by atoms with van der Waals surface area (Å²) in [5.41, 5.74) is 0.692. The van der Waals surface area contributed by atoms with Crippen molar-refractivity contribution in [1.82, 2.24) is 15.5 Å². The Bertz CT molecular complexity index is 640. The molecule has 1 atom stereocenters. The number of hydrogen-bond acceptors (Lipinski definition) is 4. The van der Waals surface area contributed by atoms with E-state index in [9.17, 15) is 9.59 Å². The molecule has 1 aromatic rings. The molecule has 1 saturated carbocycles. The maximum Gasteiger partial charge on any atom is 0.255 e. The average molecular weight is 390 g/mol. The zero-order valence-corrected chi connectivity index (χ0v) is 17.0. The van der Waals surface area contributed by atoms with Crippen molar-refractivity contribution >= 4 is 23.6 Å². The SMILES string of the molecule is CN(C(=O)c1ccccc1SCC(=O)NCC1CCCCC1)C1CCNC1. The van der Waals surface area contributed by atoms with Gasteiger partial charge in [0.15, 0.2) is 0 Å². The summed E-state index contributed by atoms with van der Waals surface area (Å²) < 4.78 is 0. The number of carbonyl (C=O) groups is 2. The molecule has 2 amide bonds. The summed E-state index contributed by atoms with van der Waals surface area (Å²) in [6.45, 7) is 2.60. The minimum absolute atomic E-state index is 0.0365. The van der Waals surface area contributed by atoms with Gasteiger partial charge < -0.3 is 15.5 Å². The molecule has 1 heterocycles. The van der Waals surface area contributed by atoms with Gasteiger partial charge in [0, 0.05) is 31.1 Å². The van der Waals surface area contributed by atoms with Gasteiger partial charge in [0.1, 0.15) is 0 Å². The minimum atomic E-state index is 0.0365. The van der Waals surface area contributed by atoms with Gasteiger partial charge in [0.25, 0.3) is 5.91 Å². The quantitative estimate of drug-likeness (QED) is 0.704. The van der Waals surface area contributed by atoms with Gasteiger partial charge >= 0.3 is 0 Å². The maximum atomic E-state index is 12.9. The third-order valence-electron chi connectivity index (χ3n) is 5.69. The van der Waals surface area contributed by atoms with Crippen molar-refractivity contribution in [2.45, 2.75) is 49.5 Å². The first-order chi connectivity index (χ1) is 13.1. The highest BCUT2D eigenvalue weighted by atomic mass is 32.2. The number of hydrogen-bond donors (Lipinski definition) is 2. The van der Waals surface area contributed by atoms with E-state index < -0.39 is 0 Å². The molecule has 1 aliphatic heterocycles. The fourth-order valence-electron chi connectivity index (χ4n) is 3.94. The highest BCUT2D eigenvalue weighted by molar-refractivity contribution is 8.00. The fraction of sp³-hybridized carbons (Fsp3) is 0.619. The Kier molecular flexibility index (Phi) is 7.59. The van der Waals surface area contributed by atoms with Crippen molar-refractivity contribution in [1.29, 1.82) is 0 Å². The number of carbonyl (C=O) groups excluding carboxylic acids is 2. The molecular formula is C21H31N3O2S. The van der Waals surface area contributed by atoms with Crippen LogP contribution in [0.3, 0.4) is 0 Å². The Hall–Kier alpha value is -1.53. The standard InChI is InChI=1S/C21H31N3O2S/c1-24(17-11-12-22-14-17)21(26)18-9-5-6-10-19(18)27-15-20(25)23-13-16-7-3-2-4-8-16/h5-6,9-10,16-17,22H,2-4,7-8,11-15H2,1H3,(H,23,25). The highest BCUT2D eigenvalue weighted by Gasteiger charge is 2.25. The molecule has 1 aliphatic carbocycles. The Balaban J connectivity index is 1.52. The van der Waals surface area contributed by atoms with E-state index in [1.807, 2.05) is 36.2 Å². The minimum Gasteiger partial charge on any atom is -0.355 e. The highest BCUT2D eigenvalue weighted by Crippen LogP contribution is 2.25. The predicted molar refractivity (Wildman–Crippen MR) is 110 cm³/mol. The molecule has 0 spiro atoms. The van der Waals surface area contributed by atoms with Crippen LogP contribution in [-0.2, 0) is 4.79 Å². The van der Waals surface area contributed by atoms with E-state index in [2.05, 4.69) is 10.6 Å². The lowest BCUT2D eigenvalue weighted by molar-refractivity contribution is -0.118. The second-order valence-corrected chi connectivity index (χ2v) is 8.67. The molecule has 27 heavy (non-hydrogen) atoms. The summed E-state index contributed by atoms with van der Waals surface area (Å²) in [4.78, 5) is 27.9. The van der Waals surface area contributed by atoms with E-state index in [-0.39, 0.29) is 17.9 Å². The summed E-state index contributed by atoms with van der Waals surface area (Å²) in [6, 6.07) is 7.86. The first kappa shape index (κ1) is 20.2. The number of nitrogens with zero attached hydrogens (tertiary/aromatic N) is 1. The summed E-state index contributed by atoms with van der Waals surface area (Å²) in [6.07, 6.45) is 7.35. The van der Waals surface area contributed by atoms with E-state index >= 15 is 0 Å². The van der Waals surface area contributed by atoms with E-state index in [1.54, 1.807) is 0 Å². The Morgan fingerprint density at radius 2 is 1.96 bits per heavy atom. The van der Waals surface area contributed by atoms with Gasteiger partial charge in [-0.25, -0.2) is 0 Å². The van der Waals surface area contributed by atoms with Gasteiger partial charge in [-0.1, -0.05) is 31.4 Å². The van der Waals surface area contributed by atoms with Gasteiger partial charge in [-0.2, -0.15) is 0 Å². The van der Waals surface area contributed by atoms with Crippen LogP contribution in [0.5, 0.6) is 0 Å². The van der Waals surface area contributed by atoms with Gasteiger partial charge in [0.05, 0.1) is 11.3 Å². The van der Waals surface area contributed by atoms with E-state index in [1.165, 1.54) is 43.9 Å². The fourth-order valence-corrected chi connectivity index (χ4v) is 4.81. The molecule has 0 aromatic heterocycles. The summed E-state index contributed by atoms with van der Waals surface area (Å²) in [5, 5.41) is 6.38. The number of amides is 2. The van der Waals surface area contributed by atoms with Crippen molar-refractivity contribution in [3.8, 4) is 0 Å². The molecule has 6 heteroatoms.